The number of rotatable bonds is 7. The molecule has 1 atom stereocenters. The van der Waals surface area contributed by atoms with Crippen LogP contribution in [-0.4, -0.2) is 35.9 Å². The number of ether oxygens (including phenoxy) is 2. The molecule has 0 unspecified atom stereocenters. The highest BCUT2D eigenvalue weighted by molar-refractivity contribution is 6.32. The Bertz CT molecular complexity index is 745. The van der Waals surface area contributed by atoms with Crippen molar-refractivity contribution in [3.05, 3.63) is 29.4 Å². The van der Waals surface area contributed by atoms with Crippen molar-refractivity contribution < 1.29 is 14.3 Å². The third-order valence-corrected chi connectivity index (χ3v) is 3.95. The lowest BCUT2D eigenvalue weighted by Gasteiger charge is -2.19. The molecule has 2 rings (SSSR count). The predicted octanol–water partition coefficient (Wildman–Crippen LogP) is 3.57. The van der Waals surface area contributed by atoms with E-state index >= 15 is 0 Å². The zero-order chi connectivity index (χ0) is 18.6. The molecule has 136 valence electrons. The lowest BCUT2D eigenvalue weighted by Crippen LogP contribution is -2.33. The van der Waals surface area contributed by atoms with Gasteiger partial charge >= 0.3 is 0 Å². The minimum Gasteiger partial charge on any atom is -0.495 e. The van der Waals surface area contributed by atoms with Gasteiger partial charge in [-0.2, -0.15) is 5.10 Å². The molecule has 8 heteroatoms. The van der Waals surface area contributed by atoms with Crippen molar-refractivity contribution in [2.24, 2.45) is 0 Å². The zero-order valence-corrected chi connectivity index (χ0v) is 15.7. The number of anilines is 2. The number of carbonyl (C=O) groups is 1. The first-order valence-electron chi connectivity index (χ1n) is 7.89. The zero-order valence-electron chi connectivity index (χ0n) is 15.0. The Kier molecular flexibility index (Phi) is 6.14. The number of methoxy groups -OCH3 is 2. The molecule has 0 radical (unpaired) electrons. The molecule has 25 heavy (non-hydrogen) atoms. The number of hydrogen-bond donors (Lipinski definition) is 2. The van der Waals surface area contributed by atoms with E-state index in [0.717, 1.165) is 0 Å². The molecular formula is C17H23ClN4O3. The van der Waals surface area contributed by atoms with Crippen LogP contribution >= 0.6 is 11.6 Å². The van der Waals surface area contributed by atoms with Crippen molar-refractivity contribution in [2.75, 3.05) is 24.9 Å². The maximum absolute atomic E-state index is 12.5. The quantitative estimate of drug-likeness (QED) is 0.783. The highest BCUT2D eigenvalue weighted by atomic mass is 35.5. The molecule has 0 saturated carbocycles. The molecular weight excluding hydrogens is 344 g/mol. The fourth-order valence-corrected chi connectivity index (χ4v) is 2.57. The average molecular weight is 367 g/mol. The molecule has 0 fully saturated rings. The maximum atomic E-state index is 12.5. The maximum Gasteiger partial charge on any atom is 0.247 e. The van der Waals surface area contributed by atoms with Crippen LogP contribution in [0, 0.1) is 0 Å². The summed E-state index contributed by atoms with van der Waals surface area (Å²) in [5.41, 5.74) is 0.605. The van der Waals surface area contributed by atoms with Crippen molar-refractivity contribution in [1.29, 1.82) is 0 Å². The minimum absolute atomic E-state index is 0.147. The monoisotopic (exact) mass is 366 g/mol. The molecule has 1 aromatic heterocycles. The Morgan fingerprint density at radius 1 is 1.20 bits per heavy atom. The van der Waals surface area contributed by atoms with Gasteiger partial charge in [-0.15, -0.1) is 0 Å². The summed E-state index contributed by atoms with van der Waals surface area (Å²) in [5, 5.41) is 10.6. The average Bonchev–Trinajstić information content (AvgIpc) is 3.03. The highest BCUT2D eigenvalue weighted by Crippen LogP contribution is 2.36. The van der Waals surface area contributed by atoms with E-state index in [1.807, 2.05) is 13.8 Å². The summed E-state index contributed by atoms with van der Waals surface area (Å²) in [5.74, 6) is 1.49. The van der Waals surface area contributed by atoms with Crippen LogP contribution in [0.4, 0.5) is 11.5 Å². The Balaban J connectivity index is 2.13. The first-order valence-corrected chi connectivity index (χ1v) is 8.27. The minimum atomic E-state index is -0.520. The van der Waals surface area contributed by atoms with Gasteiger partial charge in [0.05, 0.1) is 31.1 Å². The summed E-state index contributed by atoms with van der Waals surface area (Å²) in [6, 6.07) is 4.72. The second-order valence-corrected chi connectivity index (χ2v) is 6.20. The highest BCUT2D eigenvalue weighted by Gasteiger charge is 2.18. The van der Waals surface area contributed by atoms with Gasteiger partial charge in [-0.3, -0.25) is 4.79 Å². The molecule has 1 heterocycles. The van der Waals surface area contributed by atoms with E-state index in [9.17, 15) is 4.79 Å². The van der Waals surface area contributed by atoms with E-state index in [2.05, 4.69) is 15.7 Å². The number of halogens is 1. The van der Waals surface area contributed by atoms with Crippen molar-refractivity contribution in [1.82, 2.24) is 9.78 Å². The molecule has 2 N–H and O–H groups in total. The van der Waals surface area contributed by atoms with Crippen molar-refractivity contribution >= 4 is 29.0 Å². The molecule has 0 saturated heterocycles. The van der Waals surface area contributed by atoms with E-state index in [1.165, 1.54) is 7.11 Å². The number of nitrogens with zero attached hydrogens (tertiary/aromatic N) is 2. The van der Waals surface area contributed by atoms with Crippen LogP contribution in [-0.2, 0) is 4.79 Å². The van der Waals surface area contributed by atoms with Crippen LogP contribution in [0.15, 0.2) is 24.4 Å². The van der Waals surface area contributed by atoms with Gasteiger partial charge in [0, 0.05) is 18.2 Å². The van der Waals surface area contributed by atoms with Crippen LogP contribution in [0.1, 0.15) is 26.8 Å². The summed E-state index contributed by atoms with van der Waals surface area (Å²) < 4.78 is 12.3. The first-order chi connectivity index (χ1) is 11.9. The topological polar surface area (TPSA) is 77.4 Å². The predicted molar refractivity (Wildman–Crippen MR) is 98.9 cm³/mol. The second-order valence-electron chi connectivity index (χ2n) is 5.80. The van der Waals surface area contributed by atoms with Crippen molar-refractivity contribution in [3.63, 3.8) is 0 Å². The Labute approximate surface area is 152 Å². The van der Waals surface area contributed by atoms with Gasteiger partial charge in [-0.05, 0) is 26.8 Å². The molecule has 1 amide bonds. The number of aromatic nitrogens is 2. The molecule has 2 aromatic rings. The van der Waals surface area contributed by atoms with E-state index < -0.39 is 6.04 Å². The smallest absolute Gasteiger partial charge is 0.247 e. The summed E-state index contributed by atoms with van der Waals surface area (Å²) in [6.07, 6.45) is 1.65. The summed E-state index contributed by atoms with van der Waals surface area (Å²) >= 11 is 6.16. The third-order valence-electron chi connectivity index (χ3n) is 3.65. The molecule has 0 aliphatic heterocycles. The summed E-state index contributed by atoms with van der Waals surface area (Å²) in [6.45, 7) is 5.74. The van der Waals surface area contributed by atoms with Gasteiger partial charge in [0.15, 0.2) is 0 Å². The third kappa shape index (κ3) is 4.36. The van der Waals surface area contributed by atoms with Gasteiger partial charge in [0.1, 0.15) is 23.4 Å². The largest absolute Gasteiger partial charge is 0.495 e. The first kappa shape index (κ1) is 18.9. The molecule has 0 bridgehead atoms. The fraction of sp³-hybridized carbons (Fsp3) is 0.412. The number of benzene rings is 1. The summed E-state index contributed by atoms with van der Waals surface area (Å²) in [7, 11) is 3.07. The number of carbonyl (C=O) groups excluding carboxylic acids is 1. The van der Waals surface area contributed by atoms with E-state index in [1.54, 1.807) is 43.1 Å². The van der Waals surface area contributed by atoms with E-state index in [4.69, 9.17) is 21.1 Å². The standard InChI is InChI=1S/C17H23ClN4O3/c1-10(2)22-16(6-7-19-22)21-17(23)11(3)20-13-8-12(18)14(24-4)9-15(13)25-5/h6-11,20H,1-5H3,(H,21,23)/t11-/m0/s1. The number of amides is 1. The second kappa shape index (κ2) is 8.11. The van der Waals surface area contributed by atoms with Gasteiger partial charge in [0.25, 0.3) is 0 Å². The lowest BCUT2D eigenvalue weighted by molar-refractivity contribution is -0.116. The normalized spacial score (nSPS) is 12.0. The van der Waals surface area contributed by atoms with Crippen LogP contribution in [0.25, 0.3) is 0 Å². The van der Waals surface area contributed by atoms with Gasteiger partial charge in [-0.1, -0.05) is 11.6 Å². The van der Waals surface area contributed by atoms with Crippen molar-refractivity contribution in [2.45, 2.75) is 32.9 Å². The van der Waals surface area contributed by atoms with E-state index in [-0.39, 0.29) is 11.9 Å². The van der Waals surface area contributed by atoms with Crippen molar-refractivity contribution in [3.8, 4) is 11.5 Å². The number of hydrogen-bond acceptors (Lipinski definition) is 5. The molecule has 0 aliphatic carbocycles. The van der Waals surface area contributed by atoms with Gasteiger partial charge < -0.3 is 20.1 Å². The molecule has 1 aromatic carbocycles. The fourth-order valence-electron chi connectivity index (χ4n) is 2.33. The lowest BCUT2D eigenvalue weighted by atomic mass is 10.2. The van der Waals surface area contributed by atoms with Crippen LogP contribution in [0.2, 0.25) is 5.02 Å². The number of nitrogens with one attached hydrogen (secondary N) is 2. The van der Waals surface area contributed by atoms with Gasteiger partial charge in [0.2, 0.25) is 5.91 Å². The molecule has 7 nitrogen and oxygen atoms in total. The van der Waals surface area contributed by atoms with E-state index in [0.29, 0.717) is 28.0 Å². The SMILES string of the molecule is COc1cc(OC)c(N[C@@H](C)C(=O)Nc2ccnn2C(C)C)cc1Cl. The molecule has 0 aliphatic rings. The van der Waals surface area contributed by atoms with Gasteiger partial charge in [-0.25, -0.2) is 4.68 Å². The van der Waals surface area contributed by atoms with Crippen LogP contribution in [0.5, 0.6) is 11.5 Å². The van der Waals surface area contributed by atoms with Crippen LogP contribution < -0.4 is 20.1 Å². The van der Waals surface area contributed by atoms with Crippen LogP contribution in [0.3, 0.4) is 0 Å². The summed E-state index contributed by atoms with van der Waals surface area (Å²) in [4.78, 5) is 12.5. The Morgan fingerprint density at radius 2 is 1.88 bits per heavy atom. The Hall–Kier alpha value is -2.41. The Morgan fingerprint density at radius 3 is 2.48 bits per heavy atom. The molecule has 0 spiro atoms.